The van der Waals surface area contributed by atoms with Gasteiger partial charge in [0, 0.05) is 23.6 Å². The van der Waals surface area contributed by atoms with Gasteiger partial charge in [-0.05, 0) is 31.5 Å². The van der Waals surface area contributed by atoms with Gasteiger partial charge in [-0.15, -0.1) is 0 Å². The molecule has 1 aromatic rings. The van der Waals surface area contributed by atoms with Gasteiger partial charge in [0.1, 0.15) is 5.75 Å². The maximum Gasteiger partial charge on any atom is 0.255 e. The van der Waals surface area contributed by atoms with Crippen LogP contribution in [0.15, 0.2) is 30.4 Å². The van der Waals surface area contributed by atoms with Crippen LogP contribution in [0.25, 0.3) is 0 Å². The molecule has 0 saturated heterocycles. The summed E-state index contributed by atoms with van der Waals surface area (Å²) in [5.74, 6) is 0.411. The van der Waals surface area contributed by atoms with Crippen LogP contribution in [-0.4, -0.2) is 30.3 Å². The van der Waals surface area contributed by atoms with Crippen LogP contribution < -0.4 is 10.1 Å². The van der Waals surface area contributed by atoms with Crippen LogP contribution in [0.2, 0.25) is 5.02 Å². The van der Waals surface area contributed by atoms with Crippen LogP contribution >= 0.6 is 11.6 Å². The standard InChI is InChI=1S/C15H18ClNO3/c1-2-20-14-8-11(16)4-6-13(14)15(19)17-12-5-3-10(7-12)9-18/h3-6,8,10,12,18H,2,7,9H2,1H3,(H,17,19)/t10-,12+/m0/s1. The van der Waals surface area contributed by atoms with E-state index in [1.54, 1.807) is 18.2 Å². The Hall–Kier alpha value is -1.52. The highest BCUT2D eigenvalue weighted by atomic mass is 35.5. The number of halogens is 1. The number of amides is 1. The number of carbonyl (C=O) groups is 1. The number of rotatable bonds is 5. The highest BCUT2D eigenvalue weighted by molar-refractivity contribution is 6.30. The third-order valence-electron chi connectivity index (χ3n) is 3.21. The summed E-state index contributed by atoms with van der Waals surface area (Å²) in [4.78, 5) is 12.3. The maximum absolute atomic E-state index is 12.3. The molecule has 0 unspecified atom stereocenters. The van der Waals surface area contributed by atoms with Crippen molar-refractivity contribution in [3.05, 3.63) is 40.9 Å². The van der Waals surface area contributed by atoms with E-state index in [2.05, 4.69) is 5.32 Å². The van der Waals surface area contributed by atoms with Crippen molar-refractivity contribution >= 4 is 17.5 Å². The summed E-state index contributed by atoms with van der Waals surface area (Å²) in [6.45, 7) is 2.43. The van der Waals surface area contributed by atoms with Crippen molar-refractivity contribution in [1.82, 2.24) is 5.32 Å². The summed E-state index contributed by atoms with van der Waals surface area (Å²) in [7, 11) is 0. The third-order valence-corrected chi connectivity index (χ3v) is 3.45. The molecule has 5 heteroatoms. The van der Waals surface area contributed by atoms with Crippen LogP contribution in [0.5, 0.6) is 5.75 Å². The van der Waals surface area contributed by atoms with Gasteiger partial charge in [-0.2, -0.15) is 0 Å². The fraction of sp³-hybridized carbons (Fsp3) is 0.400. The number of nitrogens with one attached hydrogen (secondary N) is 1. The Morgan fingerprint density at radius 1 is 1.50 bits per heavy atom. The number of benzene rings is 1. The van der Waals surface area contributed by atoms with Gasteiger partial charge in [0.15, 0.2) is 0 Å². The van der Waals surface area contributed by atoms with Crippen molar-refractivity contribution in [2.75, 3.05) is 13.2 Å². The molecule has 1 amide bonds. The topological polar surface area (TPSA) is 58.6 Å². The molecular weight excluding hydrogens is 278 g/mol. The van der Waals surface area contributed by atoms with Crippen LogP contribution in [-0.2, 0) is 0 Å². The molecule has 0 fully saturated rings. The van der Waals surface area contributed by atoms with Crippen molar-refractivity contribution < 1.29 is 14.6 Å². The molecule has 20 heavy (non-hydrogen) atoms. The first-order valence-electron chi connectivity index (χ1n) is 6.66. The van der Waals surface area contributed by atoms with Crippen LogP contribution in [0.4, 0.5) is 0 Å². The molecule has 0 aliphatic heterocycles. The predicted octanol–water partition coefficient (Wildman–Crippen LogP) is 2.41. The Morgan fingerprint density at radius 3 is 2.95 bits per heavy atom. The minimum atomic E-state index is -0.196. The van der Waals surface area contributed by atoms with Crippen molar-refractivity contribution in [1.29, 1.82) is 0 Å². The Labute approximate surface area is 123 Å². The fourth-order valence-corrected chi connectivity index (χ4v) is 2.38. The molecule has 0 heterocycles. The van der Waals surface area contributed by atoms with E-state index in [0.29, 0.717) is 22.9 Å². The monoisotopic (exact) mass is 295 g/mol. The van der Waals surface area contributed by atoms with Gasteiger partial charge in [0.2, 0.25) is 0 Å². The first kappa shape index (κ1) is 14.9. The zero-order valence-electron chi connectivity index (χ0n) is 11.3. The molecular formula is C15H18ClNO3. The molecule has 4 nitrogen and oxygen atoms in total. The van der Waals surface area contributed by atoms with E-state index in [-0.39, 0.29) is 24.5 Å². The molecule has 1 aliphatic carbocycles. The van der Waals surface area contributed by atoms with Gasteiger partial charge in [0.25, 0.3) is 5.91 Å². The van der Waals surface area contributed by atoms with Gasteiger partial charge >= 0.3 is 0 Å². The third kappa shape index (κ3) is 3.52. The van der Waals surface area contributed by atoms with Gasteiger partial charge in [-0.25, -0.2) is 0 Å². The number of ether oxygens (including phenoxy) is 1. The zero-order chi connectivity index (χ0) is 14.5. The SMILES string of the molecule is CCOc1cc(Cl)ccc1C(=O)N[C@@H]1C=C[C@H](CO)C1. The van der Waals surface area contributed by atoms with Gasteiger partial charge in [0.05, 0.1) is 12.2 Å². The Balaban J connectivity index is 2.07. The molecule has 1 aromatic carbocycles. The molecule has 0 bridgehead atoms. The number of aliphatic hydroxyl groups excluding tert-OH is 1. The van der Waals surface area contributed by atoms with Crippen molar-refractivity contribution in [3.8, 4) is 5.75 Å². The van der Waals surface area contributed by atoms with E-state index in [1.165, 1.54) is 0 Å². The lowest BCUT2D eigenvalue weighted by Gasteiger charge is -2.15. The first-order chi connectivity index (χ1) is 9.63. The first-order valence-corrected chi connectivity index (χ1v) is 7.04. The minimum Gasteiger partial charge on any atom is -0.493 e. The molecule has 0 aromatic heterocycles. The van der Waals surface area contributed by atoms with Gasteiger partial charge in [-0.3, -0.25) is 4.79 Å². The number of aliphatic hydroxyl groups is 1. The Morgan fingerprint density at radius 2 is 2.30 bits per heavy atom. The average molecular weight is 296 g/mol. The van der Waals surface area contributed by atoms with Crippen molar-refractivity contribution in [3.63, 3.8) is 0 Å². The highest BCUT2D eigenvalue weighted by Gasteiger charge is 2.21. The molecule has 0 spiro atoms. The Bertz CT molecular complexity index is 516. The summed E-state index contributed by atoms with van der Waals surface area (Å²) in [6, 6.07) is 4.91. The summed E-state index contributed by atoms with van der Waals surface area (Å²) in [5.41, 5.74) is 0.470. The lowest BCUT2D eigenvalue weighted by Crippen LogP contribution is -2.33. The molecule has 0 radical (unpaired) electrons. The summed E-state index contributed by atoms with van der Waals surface area (Å²) < 4.78 is 5.44. The maximum atomic E-state index is 12.3. The van der Waals surface area contributed by atoms with Crippen LogP contribution in [0, 0.1) is 5.92 Å². The highest BCUT2D eigenvalue weighted by Crippen LogP contribution is 2.24. The summed E-state index contributed by atoms with van der Waals surface area (Å²) >= 11 is 5.91. The van der Waals surface area contributed by atoms with E-state index in [4.69, 9.17) is 21.4 Å². The number of hydrogen-bond acceptors (Lipinski definition) is 3. The molecule has 2 rings (SSSR count). The zero-order valence-corrected chi connectivity index (χ0v) is 12.1. The molecule has 2 atom stereocenters. The van der Waals surface area contributed by atoms with Crippen LogP contribution in [0.3, 0.4) is 0 Å². The quantitative estimate of drug-likeness (QED) is 0.820. The smallest absolute Gasteiger partial charge is 0.255 e. The second-order valence-electron chi connectivity index (χ2n) is 4.72. The molecule has 2 N–H and O–H groups in total. The molecule has 1 aliphatic rings. The Kier molecular flexibility index (Phi) is 5.04. The summed E-state index contributed by atoms with van der Waals surface area (Å²) in [6.07, 6.45) is 4.56. The average Bonchev–Trinajstić information content (AvgIpc) is 2.87. The largest absolute Gasteiger partial charge is 0.493 e. The second kappa shape index (κ2) is 6.77. The van der Waals surface area contributed by atoms with E-state index in [0.717, 1.165) is 6.42 Å². The van der Waals surface area contributed by atoms with E-state index < -0.39 is 0 Å². The minimum absolute atomic E-state index is 0.0511. The lowest BCUT2D eigenvalue weighted by molar-refractivity contribution is 0.0937. The van der Waals surface area contributed by atoms with Crippen molar-refractivity contribution in [2.24, 2.45) is 5.92 Å². The van der Waals surface area contributed by atoms with E-state index in [9.17, 15) is 4.79 Å². The number of hydrogen-bond donors (Lipinski definition) is 2. The summed E-state index contributed by atoms with van der Waals surface area (Å²) in [5, 5.41) is 12.5. The van der Waals surface area contributed by atoms with Gasteiger partial charge < -0.3 is 15.2 Å². The molecule has 0 saturated carbocycles. The fourth-order valence-electron chi connectivity index (χ4n) is 2.22. The number of carbonyl (C=O) groups excluding carboxylic acids is 1. The normalized spacial score (nSPS) is 20.9. The lowest BCUT2D eigenvalue weighted by atomic mass is 10.1. The van der Waals surface area contributed by atoms with Crippen LogP contribution in [0.1, 0.15) is 23.7 Å². The van der Waals surface area contributed by atoms with E-state index >= 15 is 0 Å². The second-order valence-corrected chi connectivity index (χ2v) is 5.15. The van der Waals surface area contributed by atoms with E-state index in [1.807, 2.05) is 19.1 Å². The van der Waals surface area contributed by atoms with Crippen molar-refractivity contribution in [2.45, 2.75) is 19.4 Å². The van der Waals surface area contributed by atoms with Gasteiger partial charge in [-0.1, -0.05) is 23.8 Å². The molecule has 108 valence electrons. The predicted molar refractivity (Wildman–Crippen MR) is 78.2 cm³/mol.